The van der Waals surface area contributed by atoms with Crippen molar-refractivity contribution in [3.8, 4) is 5.75 Å². The number of carbonyl (C=O) groups is 2. The molecule has 5 nitrogen and oxygen atoms in total. The molecule has 0 aliphatic heterocycles. The van der Waals surface area contributed by atoms with Crippen molar-refractivity contribution < 1.29 is 19.1 Å². The minimum absolute atomic E-state index is 0.262. The quantitative estimate of drug-likeness (QED) is 0.444. The van der Waals surface area contributed by atoms with Crippen molar-refractivity contribution in [2.45, 2.75) is 6.42 Å². The molecule has 0 saturated heterocycles. The summed E-state index contributed by atoms with van der Waals surface area (Å²) in [7, 11) is 0. The van der Waals surface area contributed by atoms with E-state index in [0.717, 1.165) is 11.1 Å². The van der Waals surface area contributed by atoms with Crippen LogP contribution in [0.5, 0.6) is 5.75 Å². The summed E-state index contributed by atoms with van der Waals surface area (Å²) in [5.41, 5.74) is 2.12. The van der Waals surface area contributed by atoms with Crippen LogP contribution in [0, 0.1) is 0 Å². The van der Waals surface area contributed by atoms with Crippen molar-refractivity contribution in [1.29, 1.82) is 0 Å². The molecule has 0 radical (unpaired) electrons. The number of esters is 1. The predicted molar refractivity (Wildman–Crippen MR) is 109 cm³/mol. The Bertz CT molecular complexity index is 791. The van der Waals surface area contributed by atoms with Gasteiger partial charge in [-0.2, -0.15) is 0 Å². The topological polar surface area (TPSA) is 55.8 Å². The Morgan fingerprint density at radius 3 is 2.21 bits per heavy atom. The Labute approximate surface area is 165 Å². The summed E-state index contributed by atoms with van der Waals surface area (Å²) in [5, 5.41) is 0. The van der Waals surface area contributed by atoms with Gasteiger partial charge in [-0.25, -0.2) is 4.79 Å². The van der Waals surface area contributed by atoms with Crippen molar-refractivity contribution in [2.24, 2.45) is 0 Å². The Kier molecular flexibility index (Phi) is 8.53. The first-order valence-corrected chi connectivity index (χ1v) is 9.04. The second-order valence-corrected chi connectivity index (χ2v) is 6.10. The van der Waals surface area contributed by atoms with Gasteiger partial charge in [0, 0.05) is 19.5 Å². The molecule has 2 aromatic carbocycles. The third-order valence-corrected chi connectivity index (χ3v) is 3.96. The predicted octanol–water partition coefficient (Wildman–Crippen LogP) is 3.40. The molecule has 146 valence electrons. The minimum atomic E-state index is -0.597. The number of hydrogen-bond acceptors (Lipinski definition) is 4. The van der Waals surface area contributed by atoms with E-state index in [0.29, 0.717) is 25.3 Å². The van der Waals surface area contributed by atoms with Gasteiger partial charge in [0.15, 0.2) is 13.2 Å². The van der Waals surface area contributed by atoms with Crippen LogP contribution in [0.15, 0.2) is 79.9 Å². The molecule has 0 unspecified atom stereocenters. The number of carbonyl (C=O) groups excluding carboxylic acids is 2. The molecule has 5 heteroatoms. The smallest absolute Gasteiger partial charge is 0.344 e. The van der Waals surface area contributed by atoms with Crippen molar-refractivity contribution >= 4 is 11.9 Å². The average molecular weight is 379 g/mol. The van der Waals surface area contributed by atoms with Crippen LogP contribution >= 0.6 is 0 Å². The second-order valence-electron chi connectivity index (χ2n) is 6.10. The van der Waals surface area contributed by atoms with Crippen LogP contribution in [0.4, 0.5) is 0 Å². The molecule has 1 amide bonds. The van der Waals surface area contributed by atoms with Crippen LogP contribution in [0.2, 0.25) is 0 Å². The summed E-state index contributed by atoms with van der Waals surface area (Å²) in [4.78, 5) is 25.5. The summed E-state index contributed by atoms with van der Waals surface area (Å²) in [6.45, 7) is 7.35. The molecule has 0 saturated carbocycles. The largest absolute Gasteiger partial charge is 0.482 e. The van der Waals surface area contributed by atoms with Gasteiger partial charge in [0.05, 0.1) is 0 Å². The number of ether oxygens (including phenoxy) is 2. The molecule has 0 fully saturated rings. The molecule has 2 aromatic rings. The van der Waals surface area contributed by atoms with E-state index in [-0.39, 0.29) is 19.1 Å². The van der Waals surface area contributed by atoms with Gasteiger partial charge in [-0.3, -0.25) is 4.79 Å². The number of rotatable bonds is 11. The molecule has 0 heterocycles. The number of para-hydroxylation sites is 1. The maximum Gasteiger partial charge on any atom is 0.344 e. The molecule has 0 aromatic heterocycles. The van der Waals surface area contributed by atoms with Crippen molar-refractivity contribution in [1.82, 2.24) is 4.90 Å². The normalized spacial score (nSPS) is 10.0. The lowest BCUT2D eigenvalue weighted by Gasteiger charge is -2.19. The summed E-state index contributed by atoms with van der Waals surface area (Å²) < 4.78 is 10.7. The van der Waals surface area contributed by atoms with E-state index in [1.165, 1.54) is 4.90 Å². The van der Waals surface area contributed by atoms with Gasteiger partial charge in [-0.15, -0.1) is 13.2 Å². The molecule has 0 bridgehead atoms. The third kappa shape index (κ3) is 6.76. The van der Waals surface area contributed by atoms with Crippen LogP contribution in [0.1, 0.15) is 11.1 Å². The molecular weight excluding hydrogens is 354 g/mol. The fourth-order valence-corrected chi connectivity index (χ4v) is 2.61. The SMILES string of the molecule is C=CCN(CC=C)C(=O)COC(=O)COc1ccccc1Cc1ccccc1. The van der Waals surface area contributed by atoms with Gasteiger partial charge in [0.2, 0.25) is 0 Å². The summed E-state index contributed by atoms with van der Waals surface area (Å²) in [6.07, 6.45) is 3.91. The summed E-state index contributed by atoms with van der Waals surface area (Å²) in [5.74, 6) is -0.285. The summed E-state index contributed by atoms with van der Waals surface area (Å²) in [6, 6.07) is 17.5. The van der Waals surface area contributed by atoms with E-state index in [2.05, 4.69) is 13.2 Å². The van der Waals surface area contributed by atoms with E-state index in [1.807, 2.05) is 54.6 Å². The van der Waals surface area contributed by atoms with Gasteiger partial charge in [-0.1, -0.05) is 60.7 Å². The number of amides is 1. The fourth-order valence-electron chi connectivity index (χ4n) is 2.61. The molecule has 0 aliphatic rings. The highest BCUT2D eigenvalue weighted by Gasteiger charge is 2.14. The number of benzene rings is 2. The highest BCUT2D eigenvalue weighted by Crippen LogP contribution is 2.21. The van der Waals surface area contributed by atoms with Crippen molar-refractivity contribution in [2.75, 3.05) is 26.3 Å². The monoisotopic (exact) mass is 379 g/mol. The third-order valence-electron chi connectivity index (χ3n) is 3.96. The van der Waals surface area contributed by atoms with Gasteiger partial charge in [0.1, 0.15) is 5.75 Å². The summed E-state index contributed by atoms with van der Waals surface area (Å²) >= 11 is 0. The molecule has 2 rings (SSSR count). The Morgan fingerprint density at radius 1 is 0.893 bits per heavy atom. The first-order chi connectivity index (χ1) is 13.6. The van der Waals surface area contributed by atoms with Crippen LogP contribution in [-0.2, 0) is 20.7 Å². The van der Waals surface area contributed by atoms with Crippen LogP contribution < -0.4 is 4.74 Å². The van der Waals surface area contributed by atoms with E-state index >= 15 is 0 Å². The lowest BCUT2D eigenvalue weighted by Crippen LogP contribution is -2.35. The average Bonchev–Trinajstić information content (AvgIpc) is 2.72. The zero-order valence-corrected chi connectivity index (χ0v) is 15.9. The van der Waals surface area contributed by atoms with Crippen LogP contribution in [-0.4, -0.2) is 43.1 Å². The zero-order chi connectivity index (χ0) is 20.2. The molecule has 0 atom stereocenters. The fraction of sp³-hybridized carbons (Fsp3) is 0.217. The van der Waals surface area contributed by atoms with Gasteiger partial charge >= 0.3 is 5.97 Å². The molecule has 28 heavy (non-hydrogen) atoms. The first-order valence-electron chi connectivity index (χ1n) is 9.04. The van der Waals surface area contributed by atoms with E-state index in [1.54, 1.807) is 12.2 Å². The van der Waals surface area contributed by atoms with Crippen LogP contribution in [0.3, 0.4) is 0 Å². The van der Waals surface area contributed by atoms with Gasteiger partial charge in [0.25, 0.3) is 5.91 Å². The minimum Gasteiger partial charge on any atom is -0.482 e. The maximum absolute atomic E-state index is 12.1. The standard InChI is InChI=1S/C23H25NO4/c1-3-14-24(15-4-2)22(25)17-28-23(26)18-27-21-13-9-8-12-20(21)16-19-10-6-5-7-11-19/h3-13H,1-2,14-18H2. The van der Waals surface area contributed by atoms with E-state index in [9.17, 15) is 9.59 Å². The van der Waals surface area contributed by atoms with Gasteiger partial charge < -0.3 is 14.4 Å². The second kappa shape index (κ2) is 11.4. The van der Waals surface area contributed by atoms with Crippen LogP contribution in [0.25, 0.3) is 0 Å². The Morgan fingerprint density at radius 2 is 1.54 bits per heavy atom. The Hall–Kier alpha value is -3.34. The lowest BCUT2D eigenvalue weighted by atomic mass is 10.0. The molecular formula is C23H25NO4. The molecule has 0 spiro atoms. The zero-order valence-electron chi connectivity index (χ0n) is 15.9. The number of hydrogen-bond donors (Lipinski definition) is 0. The molecule has 0 aliphatic carbocycles. The number of nitrogens with zero attached hydrogens (tertiary/aromatic N) is 1. The maximum atomic E-state index is 12.1. The van der Waals surface area contributed by atoms with E-state index < -0.39 is 5.97 Å². The van der Waals surface area contributed by atoms with Crippen molar-refractivity contribution in [3.63, 3.8) is 0 Å². The first kappa shape index (κ1) is 21.0. The van der Waals surface area contributed by atoms with E-state index in [4.69, 9.17) is 9.47 Å². The Balaban J connectivity index is 1.86. The van der Waals surface area contributed by atoms with Crippen molar-refractivity contribution in [3.05, 3.63) is 91.0 Å². The van der Waals surface area contributed by atoms with Gasteiger partial charge in [-0.05, 0) is 17.2 Å². The molecule has 0 N–H and O–H groups in total. The highest BCUT2D eigenvalue weighted by atomic mass is 16.6. The highest BCUT2D eigenvalue weighted by molar-refractivity contribution is 5.81. The lowest BCUT2D eigenvalue weighted by molar-refractivity contribution is -0.153.